The molecule has 2 aromatic carbocycles. The van der Waals surface area contributed by atoms with Crippen LogP contribution in [0.15, 0.2) is 36.4 Å². The maximum Gasteiger partial charge on any atom is 0.169 e. The Bertz CT molecular complexity index is 652. The largest absolute Gasteiger partial charge is 0.493 e. The van der Waals surface area contributed by atoms with Gasteiger partial charge in [-0.2, -0.15) is 5.26 Å². The van der Waals surface area contributed by atoms with Crippen molar-refractivity contribution in [1.82, 2.24) is 0 Å². The van der Waals surface area contributed by atoms with Crippen molar-refractivity contribution in [1.29, 1.82) is 5.26 Å². The van der Waals surface area contributed by atoms with Crippen molar-refractivity contribution in [3.63, 3.8) is 0 Å². The molecule has 19 heavy (non-hydrogen) atoms. The highest BCUT2D eigenvalue weighted by atomic mass is 35.5. The Balaban J connectivity index is 2.31. The van der Waals surface area contributed by atoms with Gasteiger partial charge in [0.2, 0.25) is 0 Å². The number of halogens is 2. The molecular weight excluding hydrogens is 269 g/mol. The molecule has 0 saturated heterocycles. The minimum absolute atomic E-state index is 0.278. The standard InChI is InChI=1S/C14H9ClFNO2/c1-18-14-6-10(16)3-5-13(14)19-11-4-2-9(8-17)12(15)7-11/h2-7H,1H3. The van der Waals surface area contributed by atoms with Gasteiger partial charge in [0.05, 0.1) is 17.7 Å². The number of ether oxygens (including phenoxy) is 2. The summed E-state index contributed by atoms with van der Waals surface area (Å²) >= 11 is 5.90. The summed E-state index contributed by atoms with van der Waals surface area (Å²) in [5.41, 5.74) is 0.361. The number of hydrogen-bond donors (Lipinski definition) is 0. The fourth-order valence-corrected chi connectivity index (χ4v) is 1.72. The van der Waals surface area contributed by atoms with Gasteiger partial charge in [-0.1, -0.05) is 11.6 Å². The summed E-state index contributed by atoms with van der Waals surface area (Å²) in [5, 5.41) is 9.07. The Morgan fingerprint density at radius 1 is 1.16 bits per heavy atom. The highest BCUT2D eigenvalue weighted by Gasteiger charge is 2.08. The maximum absolute atomic E-state index is 13.0. The summed E-state index contributed by atoms with van der Waals surface area (Å²) in [7, 11) is 1.42. The molecular formula is C14H9ClFNO2. The molecule has 0 fully saturated rings. The predicted molar refractivity (Wildman–Crippen MR) is 69.2 cm³/mol. The van der Waals surface area contributed by atoms with E-state index in [2.05, 4.69) is 0 Å². The van der Waals surface area contributed by atoms with E-state index in [1.807, 2.05) is 6.07 Å². The lowest BCUT2D eigenvalue weighted by Crippen LogP contribution is -1.91. The van der Waals surface area contributed by atoms with Gasteiger partial charge in [0.15, 0.2) is 11.5 Å². The highest BCUT2D eigenvalue weighted by Crippen LogP contribution is 2.33. The minimum atomic E-state index is -0.415. The van der Waals surface area contributed by atoms with E-state index >= 15 is 0 Å². The van der Waals surface area contributed by atoms with Crippen molar-refractivity contribution >= 4 is 11.6 Å². The number of nitriles is 1. The van der Waals surface area contributed by atoms with E-state index in [1.54, 1.807) is 12.1 Å². The van der Waals surface area contributed by atoms with Crippen LogP contribution in [0.5, 0.6) is 17.2 Å². The molecule has 0 aliphatic rings. The Hall–Kier alpha value is -2.25. The summed E-state index contributed by atoms with van der Waals surface area (Å²) < 4.78 is 23.6. The fraction of sp³-hybridized carbons (Fsp3) is 0.0714. The van der Waals surface area contributed by atoms with Crippen molar-refractivity contribution in [2.75, 3.05) is 7.11 Å². The molecule has 5 heteroatoms. The monoisotopic (exact) mass is 277 g/mol. The zero-order valence-corrected chi connectivity index (χ0v) is 10.7. The van der Waals surface area contributed by atoms with Crippen molar-refractivity contribution in [3.8, 4) is 23.3 Å². The van der Waals surface area contributed by atoms with Crippen LogP contribution in [0.2, 0.25) is 5.02 Å². The first-order chi connectivity index (χ1) is 9.13. The van der Waals surface area contributed by atoms with Crippen LogP contribution in [-0.2, 0) is 0 Å². The first-order valence-electron chi connectivity index (χ1n) is 5.35. The molecule has 0 N–H and O–H groups in total. The van der Waals surface area contributed by atoms with E-state index < -0.39 is 5.82 Å². The molecule has 0 unspecified atom stereocenters. The van der Waals surface area contributed by atoms with Crippen molar-refractivity contribution in [3.05, 3.63) is 52.8 Å². The van der Waals surface area contributed by atoms with Crippen LogP contribution in [0.25, 0.3) is 0 Å². The Morgan fingerprint density at radius 3 is 2.58 bits per heavy atom. The summed E-state index contributed by atoms with van der Waals surface area (Å²) in [6.07, 6.45) is 0. The van der Waals surface area contributed by atoms with E-state index in [0.717, 1.165) is 0 Å². The Labute approximate surface area is 114 Å². The maximum atomic E-state index is 13.0. The van der Waals surface area contributed by atoms with Crippen LogP contribution < -0.4 is 9.47 Å². The second-order valence-corrected chi connectivity index (χ2v) is 4.06. The van der Waals surface area contributed by atoms with Gasteiger partial charge in [-0.3, -0.25) is 0 Å². The summed E-state index contributed by atoms with van der Waals surface area (Å²) in [6.45, 7) is 0. The van der Waals surface area contributed by atoms with Crippen LogP contribution in [-0.4, -0.2) is 7.11 Å². The van der Waals surface area contributed by atoms with Gasteiger partial charge in [-0.05, 0) is 24.3 Å². The van der Waals surface area contributed by atoms with Crippen molar-refractivity contribution < 1.29 is 13.9 Å². The summed E-state index contributed by atoms with van der Waals surface area (Å²) in [4.78, 5) is 0. The molecule has 0 aromatic heterocycles. The van der Waals surface area contributed by atoms with Gasteiger partial charge in [0.25, 0.3) is 0 Å². The molecule has 2 aromatic rings. The first-order valence-corrected chi connectivity index (χ1v) is 5.73. The third-order valence-electron chi connectivity index (χ3n) is 2.41. The molecule has 0 radical (unpaired) electrons. The van der Waals surface area contributed by atoms with Crippen molar-refractivity contribution in [2.24, 2.45) is 0 Å². The number of methoxy groups -OCH3 is 1. The summed E-state index contributed by atoms with van der Waals surface area (Å²) in [5.74, 6) is 0.668. The second kappa shape index (κ2) is 5.59. The lowest BCUT2D eigenvalue weighted by Gasteiger charge is -2.10. The average Bonchev–Trinajstić information content (AvgIpc) is 2.41. The molecule has 0 spiro atoms. The molecule has 0 atom stereocenters. The van der Waals surface area contributed by atoms with Gasteiger partial charge >= 0.3 is 0 Å². The molecule has 0 heterocycles. The Morgan fingerprint density at radius 2 is 1.95 bits per heavy atom. The predicted octanol–water partition coefficient (Wildman–Crippen LogP) is 4.15. The molecule has 0 aliphatic heterocycles. The van der Waals surface area contributed by atoms with E-state index in [1.165, 1.54) is 31.4 Å². The molecule has 0 bridgehead atoms. The van der Waals surface area contributed by atoms with Gasteiger partial charge in [-0.15, -0.1) is 0 Å². The third-order valence-corrected chi connectivity index (χ3v) is 2.73. The quantitative estimate of drug-likeness (QED) is 0.846. The highest BCUT2D eigenvalue weighted by molar-refractivity contribution is 6.31. The number of benzene rings is 2. The van der Waals surface area contributed by atoms with Gasteiger partial charge in [0, 0.05) is 12.1 Å². The van der Waals surface area contributed by atoms with Crippen LogP contribution in [0.4, 0.5) is 4.39 Å². The Kier molecular flexibility index (Phi) is 3.88. The van der Waals surface area contributed by atoms with Crippen molar-refractivity contribution in [2.45, 2.75) is 0 Å². The van der Waals surface area contributed by atoms with E-state index in [4.69, 9.17) is 26.3 Å². The zero-order valence-electron chi connectivity index (χ0n) is 9.98. The average molecular weight is 278 g/mol. The number of nitrogens with zero attached hydrogens (tertiary/aromatic N) is 1. The van der Waals surface area contributed by atoms with E-state index in [0.29, 0.717) is 22.1 Å². The SMILES string of the molecule is COc1cc(F)ccc1Oc1ccc(C#N)c(Cl)c1. The zero-order chi connectivity index (χ0) is 13.8. The fourth-order valence-electron chi connectivity index (χ4n) is 1.50. The van der Waals surface area contributed by atoms with Crippen LogP contribution in [0, 0.1) is 17.1 Å². The van der Waals surface area contributed by atoms with E-state index in [9.17, 15) is 4.39 Å². The van der Waals surface area contributed by atoms with Crippen LogP contribution >= 0.6 is 11.6 Å². The smallest absolute Gasteiger partial charge is 0.169 e. The minimum Gasteiger partial charge on any atom is -0.493 e. The number of rotatable bonds is 3. The topological polar surface area (TPSA) is 42.2 Å². The van der Waals surface area contributed by atoms with Gasteiger partial charge in [-0.25, -0.2) is 4.39 Å². The lowest BCUT2D eigenvalue weighted by atomic mass is 10.2. The molecule has 0 amide bonds. The first kappa shape index (κ1) is 13.2. The molecule has 0 saturated carbocycles. The third kappa shape index (κ3) is 2.95. The second-order valence-electron chi connectivity index (χ2n) is 3.65. The van der Waals surface area contributed by atoms with Gasteiger partial charge in [0.1, 0.15) is 17.6 Å². The molecule has 2 rings (SSSR count). The lowest BCUT2D eigenvalue weighted by molar-refractivity contribution is 0.375. The van der Waals surface area contributed by atoms with Crippen LogP contribution in [0.1, 0.15) is 5.56 Å². The normalized spacial score (nSPS) is 9.79. The molecule has 3 nitrogen and oxygen atoms in total. The van der Waals surface area contributed by atoms with E-state index in [-0.39, 0.29) is 5.75 Å². The molecule has 96 valence electrons. The number of hydrogen-bond acceptors (Lipinski definition) is 3. The van der Waals surface area contributed by atoms with Gasteiger partial charge < -0.3 is 9.47 Å². The molecule has 0 aliphatic carbocycles. The van der Waals surface area contributed by atoms with Crippen LogP contribution in [0.3, 0.4) is 0 Å². The summed E-state index contributed by atoms with van der Waals surface area (Å²) in [6, 6.07) is 10.6.